The molecule has 0 spiro atoms. The van der Waals surface area contributed by atoms with Gasteiger partial charge in [-0.2, -0.15) is 0 Å². The summed E-state index contributed by atoms with van der Waals surface area (Å²) in [5.74, 6) is -1.41. The Kier molecular flexibility index (Phi) is 5.19. The van der Waals surface area contributed by atoms with Crippen molar-refractivity contribution >= 4 is 27.5 Å². The largest absolute Gasteiger partial charge is 0.370 e. The number of para-hydroxylation sites is 1. The van der Waals surface area contributed by atoms with Crippen LogP contribution in [0.1, 0.15) is 6.42 Å². The average Bonchev–Trinajstić information content (AvgIpc) is 2.38. The molecule has 1 unspecified atom stereocenters. The third kappa shape index (κ3) is 4.02. The number of anilines is 1. The van der Waals surface area contributed by atoms with Crippen molar-refractivity contribution in [3.05, 3.63) is 24.3 Å². The lowest BCUT2D eigenvalue weighted by atomic mass is 10.2. The molecular weight excluding hydrogens is 284 g/mol. The number of hydrogen-bond donors (Lipinski definition) is 4. The summed E-state index contributed by atoms with van der Waals surface area (Å²) in [6.45, 7) is 0. The van der Waals surface area contributed by atoms with E-state index in [1.807, 2.05) is 0 Å². The molecule has 0 heterocycles. The topological polar surface area (TPSA) is 144 Å². The first-order valence-corrected chi connectivity index (χ1v) is 7.13. The van der Waals surface area contributed by atoms with E-state index in [2.05, 4.69) is 10.0 Å². The number of carbonyl (C=O) groups is 2. The maximum absolute atomic E-state index is 11.8. The van der Waals surface area contributed by atoms with Crippen molar-refractivity contribution in [3.63, 3.8) is 0 Å². The molecule has 9 heteroatoms. The zero-order valence-electron chi connectivity index (χ0n) is 10.8. The van der Waals surface area contributed by atoms with E-state index in [0.29, 0.717) is 0 Å². The molecule has 0 aliphatic carbocycles. The van der Waals surface area contributed by atoms with Crippen molar-refractivity contribution in [2.45, 2.75) is 17.4 Å². The van der Waals surface area contributed by atoms with Gasteiger partial charge in [0.05, 0.1) is 18.2 Å². The van der Waals surface area contributed by atoms with Gasteiger partial charge in [-0.1, -0.05) is 12.1 Å². The lowest BCUT2D eigenvalue weighted by Crippen LogP contribution is -2.39. The summed E-state index contributed by atoms with van der Waals surface area (Å²) in [5, 5.41) is 2.37. The zero-order valence-corrected chi connectivity index (χ0v) is 11.6. The molecular formula is C11H16N4O4S. The van der Waals surface area contributed by atoms with E-state index in [4.69, 9.17) is 11.5 Å². The van der Waals surface area contributed by atoms with E-state index in [1.54, 1.807) is 6.07 Å². The molecule has 20 heavy (non-hydrogen) atoms. The molecule has 1 aromatic rings. The smallest absolute Gasteiger partial charge is 0.242 e. The quantitative estimate of drug-likeness (QED) is 0.518. The second kappa shape index (κ2) is 6.46. The number of hydrogen-bond acceptors (Lipinski definition) is 5. The van der Waals surface area contributed by atoms with Gasteiger partial charge in [-0.15, -0.1) is 0 Å². The molecule has 0 saturated carbocycles. The summed E-state index contributed by atoms with van der Waals surface area (Å²) in [6.07, 6.45) is -0.327. The van der Waals surface area contributed by atoms with Gasteiger partial charge in [0.1, 0.15) is 4.90 Å². The molecule has 0 bridgehead atoms. The minimum absolute atomic E-state index is 0.0757. The molecule has 0 saturated heterocycles. The van der Waals surface area contributed by atoms with E-state index in [9.17, 15) is 18.0 Å². The summed E-state index contributed by atoms with van der Waals surface area (Å²) >= 11 is 0. The van der Waals surface area contributed by atoms with Crippen LogP contribution in [0.25, 0.3) is 0 Å². The summed E-state index contributed by atoms with van der Waals surface area (Å²) in [4.78, 5) is 22.4. The van der Waals surface area contributed by atoms with Gasteiger partial charge >= 0.3 is 0 Å². The molecule has 0 radical (unpaired) electrons. The van der Waals surface area contributed by atoms with Crippen LogP contribution >= 0.6 is 0 Å². The van der Waals surface area contributed by atoms with Crippen LogP contribution in [0, 0.1) is 0 Å². The Labute approximate surface area is 116 Å². The second-order valence-corrected chi connectivity index (χ2v) is 5.82. The number of benzene rings is 1. The molecule has 0 aliphatic rings. The normalized spacial score (nSPS) is 12.7. The van der Waals surface area contributed by atoms with E-state index < -0.39 is 27.9 Å². The fourth-order valence-electron chi connectivity index (χ4n) is 1.45. The van der Waals surface area contributed by atoms with Crippen molar-refractivity contribution in [2.75, 3.05) is 12.4 Å². The number of sulfonamides is 1. The third-order valence-corrected chi connectivity index (χ3v) is 3.93. The minimum Gasteiger partial charge on any atom is -0.370 e. The number of nitrogens with one attached hydrogen (secondary N) is 2. The molecule has 0 aliphatic heterocycles. The van der Waals surface area contributed by atoms with E-state index in [-0.39, 0.29) is 17.0 Å². The Hall–Kier alpha value is -1.97. The number of rotatable bonds is 6. The van der Waals surface area contributed by atoms with Gasteiger partial charge in [0, 0.05) is 0 Å². The van der Waals surface area contributed by atoms with Gasteiger partial charge < -0.3 is 16.8 Å². The summed E-state index contributed by atoms with van der Waals surface area (Å²) < 4.78 is 25.7. The number of amides is 2. The molecule has 1 rings (SSSR count). The first kappa shape index (κ1) is 16.1. The lowest BCUT2D eigenvalue weighted by Gasteiger charge is -2.13. The van der Waals surface area contributed by atoms with Gasteiger partial charge in [-0.3, -0.25) is 9.59 Å². The SMILES string of the molecule is CNS(=O)(=O)c1ccccc1NC(=O)C(N)CC(N)=O. The highest BCUT2D eigenvalue weighted by Crippen LogP contribution is 2.20. The van der Waals surface area contributed by atoms with Gasteiger partial charge in [0.25, 0.3) is 0 Å². The van der Waals surface area contributed by atoms with Crippen LogP contribution in [0.3, 0.4) is 0 Å². The minimum atomic E-state index is -3.72. The number of carbonyl (C=O) groups excluding carboxylic acids is 2. The van der Waals surface area contributed by atoms with Crippen LogP contribution in [-0.2, 0) is 19.6 Å². The van der Waals surface area contributed by atoms with Crippen LogP contribution in [0.15, 0.2) is 29.2 Å². The first-order chi connectivity index (χ1) is 9.27. The molecule has 0 aromatic heterocycles. The van der Waals surface area contributed by atoms with E-state index in [0.717, 1.165) is 0 Å². The van der Waals surface area contributed by atoms with Crippen molar-refractivity contribution < 1.29 is 18.0 Å². The fraction of sp³-hybridized carbons (Fsp3) is 0.273. The predicted octanol–water partition coefficient (Wildman–Crippen LogP) is -1.26. The Morgan fingerprint density at radius 3 is 2.45 bits per heavy atom. The van der Waals surface area contributed by atoms with Crippen LogP contribution in [0.4, 0.5) is 5.69 Å². The van der Waals surface area contributed by atoms with Gasteiger partial charge in [-0.05, 0) is 19.2 Å². The molecule has 1 aromatic carbocycles. The molecule has 2 amide bonds. The van der Waals surface area contributed by atoms with Crippen molar-refractivity contribution in [2.24, 2.45) is 11.5 Å². The molecule has 8 nitrogen and oxygen atoms in total. The van der Waals surface area contributed by atoms with Gasteiger partial charge in [0.2, 0.25) is 21.8 Å². The van der Waals surface area contributed by atoms with E-state index >= 15 is 0 Å². The highest BCUT2D eigenvalue weighted by Gasteiger charge is 2.21. The van der Waals surface area contributed by atoms with Crippen molar-refractivity contribution in [1.29, 1.82) is 0 Å². The first-order valence-electron chi connectivity index (χ1n) is 5.65. The van der Waals surface area contributed by atoms with Crippen LogP contribution < -0.4 is 21.5 Å². The van der Waals surface area contributed by atoms with Crippen LogP contribution in [0.5, 0.6) is 0 Å². The molecule has 1 atom stereocenters. The Morgan fingerprint density at radius 2 is 1.90 bits per heavy atom. The van der Waals surface area contributed by atoms with Crippen molar-refractivity contribution in [1.82, 2.24) is 4.72 Å². The maximum atomic E-state index is 11.8. The summed E-state index contributed by atoms with van der Waals surface area (Å²) in [6, 6.07) is 4.69. The highest BCUT2D eigenvalue weighted by molar-refractivity contribution is 7.89. The van der Waals surface area contributed by atoms with Gasteiger partial charge in [-0.25, -0.2) is 13.1 Å². The Morgan fingerprint density at radius 1 is 1.30 bits per heavy atom. The van der Waals surface area contributed by atoms with Crippen molar-refractivity contribution in [3.8, 4) is 0 Å². The Bertz CT molecular complexity index is 615. The zero-order chi connectivity index (χ0) is 15.3. The standard InChI is InChI=1S/C11H16N4O4S/c1-14-20(18,19)9-5-3-2-4-8(9)15-11(17)7(12)6-10(13)16/h2-5,7,14H,6,12H2,1H3,(H2,13,16)(H,15,17). The fourth-order valence-corrected chi connectivity index (χ4v) is 2.34. The predicted molar refractivity (Wildman–Crippen MR) is 73.1 cm³/mol. The van der Waals surface area contributed by atoms with E-state index in [1.165, 1.54) is 25.2 Å². The van der Waals surface area contributed by atoms with Crippen LogP contribution in [0.2, 0.25) is 0 Å². The highest BCUT2D eigenvalue weighted by atomic mass is 32.2. The lowest BCUT2D eigenvalue weighted by molar-refractivity contribution is -0.123. The monoisotopic (exact) mass is 300 g/mol. The number of nitrogens with two attached hydrogens (primary N) is 2. The Balaban J connectivity index is 2.99. The van der Waals surface area contributed by atoms with Gasteiger partial charge in [0.15, 0.2) is 0 Å². The average molecular weight is 300 g/mol. The molecule has 6 N–H and O–H groups in total. The maximum Gasteiger partial charge on any atom is 0.242 e. The van der Waals surface area contributed by atoms with Crippen LogP contribution in [-0.4, -0.2) is 33.3 Å². The summed E-state index contributed by atoms with van der Waals surface area (Å²) in [7, 11) is -2.46. The summed E-state index contributed by atoms with van der Waals surface area (Å²) in [5.41, 5.74) is 10.5. The second-order valence-electron chi connectivity index (χ2n) is 3.97. The molecule has 0 fully saturated rings. The third-order valence-electron chi connectivity index (χ3n) is 2.46. The number of primary amides is 1. The molecule has 110 valence electrons.